The monoisotopic (exact) mass is 355 g/mol. The van der Waals surface area contributed by atoms with Crippen LogP contribution in [0.3, 0.4) is 0 Å². The molecule has 0 saturated carbocycles. The van der Waals surface area contributed by atoms with Gasteiger partial charge < -0.3 is 9.80 Å². The van der Waals surface area contributed by atoms with Crippen LogP contribution in [0.5, 0.6) is 0 Å². The van der Waals surface area contributed by atoms with E-state index in [-0.39, 0.29) is 11.3 Å². The minimum absolute atomic E-state index is 0.0791. The molecule has 26 heavy (non-hydrogen) atoms. The van der Waals surface area contributed by atoms with Crippen LogP contribution in [0.1, 0.15) is 25.0 Å². The van der Waals surface area contributed by atoms with Crippen LogP contribution in [0.15, 0.2) is 36.8 Å². The lowest BCUT2D eigenvalue weighted by Gasteiger charge is -2.40. The molecule has 2 saturated heterocycles. The Morgan fingerprint density at radius 3 is 2.73 bits per heavy atom. The van der Waals surface area contributed by atoms with Gasteiger partial charge in [0.1, 0.15) is 0 Å². The van der Waals surface area contributed by atoms with E-state index in [0.29, 0.717) is 12.4 Å². The Morgan fingerprint density at radius 2 is 1.96 bits per heavy atom. The van der Waals surface area contributed by atoms with Crippen LogP contribution in [0.4, 0.5) is 10.3 Å². The SMILES string of the molecule is O=C(Cc1ccccn1)N1CC[C@]2(CCCN(c3ncc(F)cn3)C2)C1. The molecule has 136 valence electrons. The van der Waals surface area contributed by atoms with E-state index in [4.69, 9.17) is 0 Å². The van der Waals surface area contributed by atoms with Crippen molar-refractivity contribution in [3.8, 4) is 0 Å². The number of pyridine rings is 1. The average Bonchev–Trinajstić information content (AvgIpc) is 3.06. The van der Waals surface area contributed by atoms with E-state index in [9.17, 15) is 9.18 Å². The molecule has 2 aliphatic heterocycles. The Balaban J connectivity index is 1.41. The summed E-state index contributed by atoms with van der Waals surface area (Å²) >= 11 is 0. The molecule has 1 atom stereocenters. The Labute approximate surface area is 152 Å². The van der Waals surface area contributed by atoms with Crippen molar-refractivity contribution in [2.45, 2.75) is 25.7 Å². The summed E-state index contributed by atoms with van der Waals surface area (Å²) in [7, 11) is 0. The van der Waals surface area contributed by atoms with Gasteiger partial charge in [0.05, 0.1) is 18.8 Å². The number of hydrogen-bond acceptors (Lipinski definition) is 5. The standard InChI is InChI=1S/C19H22FN5O/c20-15-11-22-18(23-12-15)25-8-3-5-19(14-25)6-9-24(13-19)17(26)10-16-4-1-2-7-21-16/h1-2,4,7,11-12H,3,5-6,8-10,13-14H2/t19-/m1/s1. The number of carbonyl (C=O) groups excluding carboxylic acids is 1. The molecule has 4 rings (SSSR count). The van der Waals surface area contributed by atoms with E-state index in [0.717, 1.165) is 51.1 Å². The molecule has 0 aliphatic carbocycles. The third-order valence-electron chi connectivity index (χ3n) is 5.40. The first-order valence-corrected chi connectivity index (χ1v) is 9.04. The van der Waals surface area contributed by atoms with Gasteiger partial charge in [-0.25, -0.2) is 14.4 Å². The highest BCUT2D eigenvalue weighted by Gasteiger charge is 2.43. The fourth-order valence-electron chi connectivity index (χ4n) is 4.10. The zero-order chi connectivity index (χ0) is 18.0. The zero-order valence-corrected chi connectivity index (χ0v) is 14.6. The van der Waals surface area contributed by atoms with Crippen LogP contribution in [0, 0.1) is 11.2 Å². The van der Waals surface area contributed by atoms with Gasteiger partial charge >= 0.3 is 0 Å². The second kappa shape index (κ2) is 6.97. The predicted octanol–water partition coefficient (Wildman–Crippen LogP) is 2.07. The number of halogens is 1. The number of piperidine rings is 1. The fourth-order valence-corrected chi connectivity index (χ4v) is 4.10. The van der Waals surface area contributed by atoms with Crippen molar-refractivity contribution in [1.82, 2.24) is 19.9 Å². The first kappa shape index (κ1) is 16.9. The maximum Gasteiger partial charge on any atom is 0.228 e. The van der Waals surface area contributed by atoms with Crippen molar-refractivity contribution in [2.75, 3.05) is 31.1 Å². The Kier molecular flexibility index (Phi) is 4.53. The molecule has 0 bridgehead atoms. The second-order valence-corrected chi connectivity index (χ2v) is 7.29. The topological polar surface area (TPSA) is 62.2 Å². The molecule has 1 amide bonds. The molecule has 1 spiro atoms. The van der Waals surface area contributed by atoms with Gasteiger partial charge in [-0.1, -0.05) is 6.07 Å². The molecule has 0 unspecified atom stereocenters. The number of nitrogens with zero attached hydrogens (tertiary/aromatic N) is 5. The number of likely N-dealkylation sites (tertiary alicyclic amines) is 1. The number of amides is 1. The molecular formula is C19H22FN5O. The summed E-state index contributed by atoms with van der Waals surface area (Å²) in [6.07, 6.45) is 7.60. The molecule has 4 heterocycles. The van der Waals surface area contributed by atoms with Gasteiger partial charge in [-0.05, 0) is 31.4 Å². The predicted molar refractivity (Wildman–Crippen MR) is 95.0 cm³/mol. The molecular weight excluding hydrogens is 333 g/mol. The first-order valence-electron chi connectivity index (χ1n) is 9.04. The third kappa shape index (κ3) is 3.52. The van der Waals surface area contributed by atoms with E-state index < -0.39 is 5.82 Å². The molecule has 0 radical (unpaired) electrons. The number of carbonyl (C=O) groups is 1. The average molecular weight is 355 g/mol. The zero-order valence-electron chi connectivity index (χ0n) is 14.6. The Hall–Kier alpha value is -2.57. The third-order valence-corrected chi connectivity index (χ3v) is 5.40. The molecule has 0 N–H and O–H groups in total. The first-order chi connectivity index (χ1) is 12.6. The van der Waals surface area contributed by atoms with E-state index in [1.165, 1.54) is 12.4 Å². The van der Waals surface area contributed by atoms with Gasteiger partial charge in [0, 0.05) is 43.5 Å². The lowest BCUT2D eigenvalue weighted by Crippen LogP contribution is -2.46. The molecule has 2 fully saturated rings. The van der Waals surface area contributed by atoms with Crippen molar-refractivity contribution in [3.05, 3.63) is 48.3 Å². The Morgan fingerprint density at radius 1 is 1.12 bits per heavy atom. The second-order valence-electron chi connectivity index (χ2n) is 7.29. The molecule has 2 aromatic heterocycles. The summed E-state index contributed by atoms with van der Waals surface area (Å²) in [5.41, 5.74) is 0.888. The summed E-state index contributed by atoms with van der Waals surface area (Å²) in [6.45, 7) is 3.22. The highest BCUT2D eigenvalue weighted by molar-refractivity contribution is 5.78. The normalized spacial score (nSPS) is 22.8. The summed E-state index contributed by atoms with van der Waals surface area (Å²) in [5, 5.41) is 0. The molecule has 0 aromatic carbocycles. The van der Waals surface area contributed by atoms with Crippen LogP contribution >= 0.6 is 0 Å². The van der Waals surface area contributed by atoms with Crippen molar-refractivity contribution in [3.63, 3.8) is 0 Å². The highest BCUT2D eigenvalue weighted by atomic mass is 19.1. The summed E-state index contributed by atoms with van der Waals surface area (Å²) in [4.78, 5) is 29.2. The lowest BCUT2D eigenvalue weighted by atomic mass is 9.79. The maximum atomic E-state index is 13.1. The Bertz CT molecular complexity index is 769. The van der Waals surface area contributed by atoms with E-state index in [1.54, 1.807) is 6.20 Å². The van der Waals surface area contributed by atoms with Gasteiger partial charge in [0.15, 0.2) is 5.82 Å². The summed E-state index contributed by atoms with van der Waals surface area (Å²) in [5.74, 6) is 0.284. The number of hydrogen-bond donors (Lipinski definition) is 0. The summed E-state index contributed by atoms with van der Waals surface area (Å²) < 4.78 is 13.1. The minimum Gasteiger partial charge on any atom is -0.342 e. The molecule has 6 nitrogen and oxygen atoms in total. The fraction of sp³-hybridized carbons (Fsp3) is 0.474. The smallest absolute Gasteiger partial charge is 0.228 e. The van der Waals surface area contributed by atoms with Crippen LogP contribution in [-0.2, 0) is 11.2 Å². The van der Waals surface area contributed by atoms with Gasteiger partial charge in [-0.15, -0.1) is 0 Å². The van der Waals surface area contributed by atoms with Gasteiger partial charge in [0.2, 0.25) is 11.9 Å². The van der Waals surface area contributed by atoms with Crippen LogP contribution in [-0.4, -0.2) is 51.9 Å². The van der Waals surface area contributed by atoms with Crippen molar-refractivity contribution in [2.24, 2.45) is 5.41 Å². The van der Waals surface area contributed by atoms with Crippen LogP contribution in [0.25, 0.3) is 0 Å². The van der Waals surface area contributed by atoms with Crippen molar-refractivity contribution < 1.29 is 9.18 Å². The number of anilines is 1. The molecule has 7 heteroatoms. The van der Waals surface area contributed by atoms with Crippen molar-refractivity contribution >= 4 is 11.9 Å². The van der Waals surface area contributed by atoms with E-state index in [1.807, 2.05) is 23.1 Å². The highest BCUT2D eigenvalue weighted by Crippen LogP contribution is 2.39. The summed E-state index contributed by atoms with van der Waals surface area (Å²) in [6, 6.07) is 5.65. The quantitative estimate of drug-likeness (QED) is 0.843. The van der Waals surface area contributed by atoms with Gasteiger partial charge in [-0.2, -0.15) is 0 Å². The van der Waals surface area contributed by atoms with E-state index in [2.05, 4.69) is 19.9 Å². The van der Waals surface area contributed by atoms with E-state index >= 15 is 0 Å². The number of aromatic nitrogens is 3. The van der Waals surface area contributed by atoms with Gasteiger partial charge in [-0.3, -0.25) is 9.78 Å². The number of rotatable bonds is 3. The van der Waals surface area contributed by atoms with Crippen molar-refractivity contribution in [1.29, 1.82) is 0 Å². The van der Waals surface area contributed by atoms with Crippen LogP contribution < -0.4 is 4.90 Å². The largest absolute Gasteiger partial charge is 0.342 e. The maximum absolute atomic E-state index is 13.1. The van der Waals surface area contributed by atoms with Gasteiger partial charge in [0.25, 0.3) is 0 Å². The van der Waals surface area contributed by atoms with Crippen LogP contribution in [0.2, 0.25) is 0 Å². The lowest BCUT2D eigenvalue weighted by molar-refractivity contribution is -0.129. The molecule has 2 aliphatic rings. The molecule has 2 aromatic rings. The minimum atomic E-state index is -0.423.